The number of hydrogen-bond donors (Lipinski definition) is 1. The number of rotatable bonds is 5. The molecule has 0 saturated heterocycles. The fraction of sp³-hybridized carbons (Fsp3) is 0.0455. The van der Waals surface area contributed by atoms with Gasteiger partial charge in [0.2, 0.25) is 0 Å². The summed E-state index contributed by atoms with van der Waals surface area (Å²) in [5.41, 5.74) is 4.82. The minimum atomic E-state index is -0.372. The number of carbonyl (C=O) groups excluding carboxylic acids is 1. The number of hydrogen-bond acceptors (Lipinski definition) is 3. The quantitative estimate of drug-likeness (QED) is 0.289. The molecule has 1 heterocycles. The number of benzene rings is 3. The fourth-order valence-electron chi connectivity index (χ4n) is 2.92. The second kappa shape index (κ2) is 8.71. The molecule has 0 aliphatic rings. The summed E-state index contributed by atoms with van der Waals surface area (Å²) in [7, 11) is 0. The van der Waals surface area contributed by atoms with E-state index in [0.717, 1.165) is 26.4 Å². The number of hydrazone groups is 1. The number of nitrogens with one attached hydrogen (secondary N) is 1. The monoisotopic (exact) mass is 510 g/mol. The highest BCUT2D eigenvalue weighted by molar-refractivity contribution is 9.10. The van der Waals surface area contributed by atoms with Crippen molar-refractivity contribution < 1.29 is 4.79 Å². The zero-order valence-electron chi connectivity index (χ0n) is 15.2. The largest absolute Gasteiger partial charge is 0.293 e. The number of amides is 1. The van der Waals surface area contributed by atoms with Gasteiger partial charge in [0, 0.05) is 10.7 Å². The molecule has 1 N–H and O–H groups in total. The van der Waals surface area contributed by atoms with Crippen LogP contribution in [0.1, 0.15) is 21.6 Å². The van der Waals surface area contributed by atoms with Crippen molar-refractivity contribution in [2.24, 2.45) is 5.10 Å². The maximum atomic E-state index is 12.4. The second-order valence-corrected chi connectivity index (χ2v) is 8.23. The molecule has 0 unspecified atom stereocenters. The van der Waals surface area contributed by atoms with Gasteiger partial charge in [0.25, 0.3) is 5.91 Å². The average Bonchev–Trinajstić information content (AvgIpc) is 3.09. The lowest BCUT2D eigenvalue weighted by molar-refractivity contribution is 0.0948. The molecule has 4 rings (SSSR count). The van der Waals surface area contributed by atoms with Crippen LogP contribution in [-0.2, 0) is 6.54 Å². The normalized spacial score (nSPS) is 11.2. The van der Waals surface area contributed by atoms with Gasteiger partial charge in [0.15, 0.2) is 5.69 Å². The zero-order chi connectivity index (χ0) is 20.2. The summed E-state index contributed by atoms with van der Waals surface area (Å²) in [6, 6.07) is 22.1. The van der Waals surface area contributed by atoms with Crippen molar-refractivity contribution in [1.29, 1.82) is 0 Å². The van der Waals surface area contributed by atoms with Gasteiger partial charge < -0.3 is 0 Å². The highest BCUT2D eigenvalue weighted by atomic mass is 79.9. The maximum absolute atomic E-state index is 12.4. The molecule has 0 bridgehead atoms. The smallest absolute Gasteiger partial charge is 0.266 e. The van der Waals surface area contributed by atoms with Gasteiger partial charge in [-0.3, -0.25) is 9.48 Å². The van der Waals surface area contributed by atoms with E-state index < -0.39 is 0 Å². The van der Waals surface area contributed by atoms with E-state index >= 15 is 0 Å². The molecule has 0 aliphatic carbocycles. The molecule has 0 spiro atoms. The van der Waals surface area contributed by atoms with E-state index in [-0.39, 0.29) is 11.6 Å². The molecule has 5 nitrogen and oxygen atoms in total. The number of carbonyl (C=O) groups is 1. The lowest BCUT2D eigenvalue weighted by Crippen LogP contribution is -2.19. The minimum Gasteiger partial charge on any atom is -0.266 e. The Morgan fingerprint density at radius 1 is 1.03 bits per heavy atom. The van der Waals surface area contributed by atoms with Gasteiger partial charge in [-0.1, -0.05) is 64.5 Å². The first-order valence-corrected chi connectivity index (χ1v) is 10.5. The first kappa shape index (κ1) is 19.5. The van der Waals surface area contributed by atoms with E-state index in [2.05, 4.69) is 53.6 Å². The molecule has 7 heteroatoms. The van der Waals surface area contributed by atoms with Crippen LogP contribution in [0.5, 0.6) is 0 Å². The van der Waals surface area contributed by atoms with Gasteiger partial charge in [-0.25, -0.2) is 5.43 Å². The highest BCUT2D eigenvalue weighted by Gasteiger charge is 2.14. The molecule has 4 aromatic rings. The van der Waals surface area contributed by atoms with Crippen LogP contribution >= 0.6 is 31.9 Å². The molecule has 1 aromatic heterocycles. The molecule has 3 aromatic carbocycles. The van der Waals surface area contributed by atoms with Crippen LogP contribution in [-0.4, -0.2) is 21.9 Å². The highest BCUT2D eigenvalue weighted by Crippen LogP contribution is 2.17. The van der Waals surface area contributed by atoms with E-state index in [9.17, 15) is 4.79 Å². The Morgan fingerprint density at radius 3 is 2.59 bits per heavy atom. The number of nitrogens with zero attached hydrogens (tertiary/aromatic N) is 3. The van der Waals surface area contributed by atoms with Crippen molar-refractivity contribution in [1.82, 2.24) is 15.2 Å². The third-order valence-electron chi connectivity index (χ3n) is 4.34. The van der Waals surface area contributed by atoms with Crippen LogP contribution in [0.4, 0.5) is 0 Å². The van der Waals surface area contributed by atoms with E-state index in [1.165, 1.54) is 0 Å². The van der Waals surface area contributed by atoms with Crippen LogP contribution in [0.15, 0.2) is 87.0 Å². The molecule has 0 aliphatic heterocycles. The van der Waals surface area contributed by atoms with Gasteiger partial charge in [-0.15, -0.1) is 0 Å². The third kappa shape index (κ3) is 4.81. The predicted molar refractivity (Wildman–Crippen MR) is 122 cm³/mol. The molecule has 0 saturated carbocycles. The standard InChI is InChI=1S/C22H16Br2N4O/c23-19-9-6-15(7-10-19)13-28-14-20(24)21(27-28)22(29)26-25-12-16-5-8-17-3-1-2-4-18(17)11-16/h1-12,14H,13H2,(H,26,29). The molecular weight excluding hydrogens is 496 g/mol. The lowest BCUT2D eigenvalue weighted by atomic mass is 10.1. The third-order valence-corrected chi connectivity index (χ3v) is 5.45. The van der Waals surface area contributed by atoms with Crippen molar-refractivity contribution in [3.05, 3.63) is 98.7 Å². The summed E-state index contributed by atoms with van der Waals surface area (Å²) in [4.78, 5) is 12.4. The molecule has 0 radical (unpaired) electrons. The molecule has 0 fully saturated rings. The second-order valence-electron chi connectivity index (χ2n) is 6.46. The summed E-state index contributed by atoms with van der Waals surface area (Å²) in [6.07, 6.45) is 3.40. The molecular formula is C22H16Br2N4O. The summed E-state index contributed by atoms with van der Waals surface area (Å²) in [5.74, 6) is -0.372. The Labute approximate surface area is 184 Å². The first-order valence-electron chi connectivity index (χ1n) is 8.88. The van der Waals surface area contributed by atoms with Gasteiger partial charge in [-0.2, -0.15) is 10.2 Å². The SMILES string of the molecule is O=C(NN=Cc1ccc2ccccc2c1)c1nn(Cc2ccc(Br)cc2)cc1Br. The minimum absolute atomic E-state index is 0.290. The number of fused-ring (bicyclic) bond motifs is 1. The number of halogens is 2. The Kier molecular flexibility index (Phi) is 5.87. The van der Waals surface area contributed by atoms with Crippen LogP contribution < -0.4 is 5.43 Å². The van der Waals surface area contributed by atoms with Crippen LogP contribution in [0.3, 0.4) is 0 Å². The summed E-state index contributed by atoms with van der Waals surface area (Å²) < 4.78 is 3.36. The summed E-state index contributed by atoms with van der Waals surface area (Å²) in [5, 5.41) is 10.7. The first-order chi connectivity index (χ1) is 14.1. The molecule has 0 atom stereocenters. The Bertz CT molecular complexity index is 1200. The molecule has 144 valence electrons. The van der Waals surface area contributed by atoms with Crippen molar-refractivity contribution in [2.75, 3.05) is 0 Å². The van der Waals surface area contributed by atoms with Gasteiger partial charge in [-0.05, 0) is 56.0 Å². The Morgan fingerprint density at radius 2 is 1.79 bits per heavy atom. The van der Waals surface area contributed by atoms with Gasteiger partial charge >= 0.3 is 0 Å². The van der Waals surface area contributed by atoms with Gasteiger partial charge in [0.05, 0.1) is 17.2 Å². The lowest BCUT2D eigenvalue weighted by Gasteiger charge is -2.02. The Balaban J connectivity index is 1.43. The van der Waals surface area contributed by atoms with Crippen LogP contribution in [0.25, 0.3) is 10.8 Å². The zero-order valence-corrected chi connectivity index (χ0v) is 18.4. The molecule has 1 amide bonds. The summed E-state index contributed by atoms with van der Waals surface area (Å²) >= 11 is 6.83. The van der Waals surface area contributed by atoms with Crippen molar-refractivity contribution in [3.63, 3.8) is 0 Å². The fourth-order valence-corrected chi connectivity index (χ4v) is 3.68. The van der Waals surface area contributed by atoms with Gasteiger partial charge in [0.1, 0.15) is 0 Å². The Hall–Kier alpha value is -2.77. The van der Waals surface area contributed by atoms with Crippen molar-refractivity contribution in [3.8, 4) is 0 Å². The van der Waals surface area contributed by atoms with Crippen LogP contribution in [0, 0.1) is 0 Å². The maximum Gasteiger partial charge on any atom is 0.293 e. The summed E-state index contributed by atoms with van der Waals surface area (Å²) in [6.45, 7) is 0.569. The van der Waals surface area contributed by atoms with E-state index in [1.54, 1.807) is 17.1 Å². The van der Waals surface area contributed by atoms with Crippen LogP contribution in [0.2, 0.25) is 0 Å². The average molecular weight is 512 g/mol. The number of aromatic nitrogens is 2. The van der Waals surface area contributed by atoms with Crippen molar-refractivity contribution >= 4 is 54.8 Å². The van der Waals surface area contributed by atoms with E-state index in [0.29, 0.717) is 11.0 Å². The van der Waals surface area contributed by atoms with Crippen molar-refractivity contribution in [2.45, 2.75) is 6.54 Å². The van der Waals surface area contributed by atoms with E-state index in [4.69, 9.17) is 0 Å². The topological polar surface area (TPSA) is 59.3 Å². The predicted octanol–water partition coefficient (Wildman–Crippen LogP) is 5.37. The van der Waals surface area contributed by atoms with E-state index in [1.807, 2.05) is 60.7 Å². The molecule has 29 heavy (non-hydrogen) atoms.